The van der Waals surface area contributed by atoms with E-state index in [1.165, 1.54) is 0 Å². The molecule has 0 N–H and O–H groups in total. The van der Waals surface area contributed by atoms with Crippen molar-refractivity contribution in [3.05, 3.63) is 72.6 Å². The lowest BCUT2D eigenvalue weighted by molar-refractivity contribution is -0.133. The van der Waals surface area contributed by atoms with Gasteiger partial charge in [-0.05, 0) is 30.2 Å². The third-order valence-electron chi connectivity index (χ3n) is 2.35. The molecule has 0 fully saturated rings. The molecule has 0 aliphatic rings. The highest BCUT2D eigenvalue weighted by Gasteiger charge is 2.05. The highest BCUT2D eigenvalue weighted by Crippen LogP contribution is 2.12. The van der Waals surface area contributed by atoms with Crippen LogP contribution >= 0.6 is 0 Å². The molecule has 0 saturated heterocycles. The van der Waals surface area contributed by atoms with Gasteiger partial charge in [-0.15, -0.1) is 0 Å². The molecule has 2 aromatic carbocycles. The smallest absolute Gasteiger partial charge is 0.315 e. The molecule has 0 aliphatic heterocycles. The zero-order chi connectivity index (χ0) is 12.1. The Hall–Kier alpha value is -2.09. The number of benzene rings is 2. The molecular weight excluding hydrogens is 212 g/mol. The van der Waals surface area contributed by atoms with Gasteiger partial charge in [0.05, 0.1) is 6.42 Å². The molecule has 2 nitrogen and oxygen atoms in total. The molecule has 0 heterocycles. The lowest BCUT2D eigenvalue weighted by atomic mass is 10.1. The number of ether oxygens (including phenoxy) is 1. The molecule has 1 radical (unpaired) electrons. The van der Waals surface area contributed by atoms with Crippen molar-refractivity contribution < 1.29 is 9.53 Å². The first-order valence-corrected chi connectivity index (χ1v) is 5.41. The Kier molecular flexibility index (Phi) is 3.55. The van der Waals surface area contributed by atoms with Gasteiger partial charge >= 0.3 is 5.97 Å². The Morgan fingerprint density at radius 3 is 2.29 bits per heavy atom. The van der Waals surface area contributed by atoms with Crippen LogP contribution in [0, 0.1) is 6.92 Å². The minimum atomic E-state index is -0.256. The molecule has 2 rings (SSSR count). The van der Waals surface area contributed by atoms with Crippen molar-refractivity contribution in [2.75, 3.05) is 0 Å². The third kappa shape index (κ3) is 3.45. The standard InChI is InChI=1S/C15H13O2/c1-12-7-9-14(10-8-12)17-15(16)11-13-5-3-2-4-6-13/h2-10H,1,11H2. The lowest BCUT2D eigenvalue weighted by Gasteiger charge is -2.04. The summed E-state index contributed by atoms with van der Waals surface area (Å²) in [6.07, 6.45) is 0.285. The van der Waals surface area contributed by atoms with E-state index in [1.807, 2.05) is 42.5 Å². The van der Waals surface area contributed by atoms with Gasteiger partial charge in [-0.2, -0.15) is 0 Å². The predicted octanol–water partition coefficient (Wildman–Crippen LogP) is 3.02. The molecule has 85 valence electrons. The largest absolute Gasteiger partial charge is 0.426 e. The van der Waals surface area contributed by atoms with Gasteiger partial charge in [0, 0.05) is 0 Å². The van der Waals surface area contributed by atoms with E-state index >= 15 is 0 Å². The lowest BCUT2D eigenvalue weighted by Crippen LogP contribution is -2.11. The average molecular weight is 225 g/mol. The van der Waals surface area contributed by atoms with Crippen molar-refractivity contribution >= 4 is 5.97 Å². The molecule has 0 bridgehead atoms. The normalized spacial score (nSPS) is 9.94. The predicted molar refractivity (Wildman–Crippen MR) is 66.7 cm³/mol. The summed E-state index contributed by atoms with van der Waals surface area (Å²) in [4.78, 5) is 11.6. The molecule has 2 aromatic rings. The molecule has 0 spiro atoms. The second-order valence-electron chi connectivity index (χ2n) is 3.78. The van der Waals surface area contributed by atoms with E-state index in [0.29, 0.717) is 5.75 Å². The Morgan fingerprint density at radius 1 is 1.00 bits per heavy atom. The van der Waals surface area contributed by atoms with Gasteiger partial charge < -0.3 is 4.74 Å². The van der Waals surface area contributed by atoms with Gasteiger partial charge in [-0.1, -0.05) is 42.5 Å². The van der Waals surface area contributed by atoms with E-state index in [-0.39, 0.29) is 12.4 Å². The van der Waals surface area contributed by atoms with Gasteiger partial charge in [-0.25, -0.2) is 0 Å². The van der Waals surface area contributed by atoms with Crippen LogP contribution in [0.3, 0.4) is 0 Å². The summed E-state index contributed by atoms with van der Waals surface area (Å²) in [6.45, 7) is 3.77. The van der Waals surface area contributed by atoms with Gasteiger partial charge in [0.25, 0.3) is 0 Å². The summed E-state index contributed by atoms with van der Waals surface area (Å²) in [6, 6.07) is 16.6. The van der Waals surface area contributed by atoms with Crippen molar-refractivity contribution in [1.29, 1.82) is 0 Å². The Morgan fingerprint density at radius 2 is 1.65 bits per heavy atom. The SMILES string of the molecule is [CH2]c1ccc(OC(=O)Cc2ccccc2)cc1. The van der Waals surface area contributed by atoms with E-state index in [0.717, 1.165) is 11.1 Å². The first-order valence-electron chi connectivity index (χ1n) is 5.41. The highest BCUT2D eigenvalue weighted by atomic mass is 16.5. The molecule has 0 atom stereocenters. The quantitative estimate of drug-likeness (QED) is 0.593. The summed E-state index contributed by atoms with van der Waals surface area (Å²) in [5.74, 6) is 0.298. The van der Waals surface area contributed by atoms with Crippen LogP contribution in [-0.2, 0) is 11.2 Å². The number of hydrogen-bond acceptors (Lipinski definition) is 2. The number of hydrogen-bond donors (Lipinski definition) is 0. The zero-order valence-corrected chi connectivity index (χ0v) is 9.43. The fourth-order valence-corrected chi connectivity index (χ4v) is 1.49. The Bertz CT molecular complexity index is 486. The van der Waals surface area contributed by atoms with E-state index < -0.39 is 0 Å². The van der Waals surface area contributed by atoms with Gasteiger partial charge in [0.15, 0.2) is 0 Å². The Balaban J connectivity index is 1.96. The minimum Gasteiger partial charge on any atom is -0.426 e. The first-order chi connectivity index (χ1) is 8.24. The van der Waals surface area contributed by atoms with Crippen LogP contribution in [-0.4, -0.2) is 5.97 Å². The summed E-state index contributed by atoms with van der Waals surface area (Å²) in [5.41, 5.74) is 1.85. The molecule has 0 saturated carbocycles. The van der Waals surface area contributed by atoms with Crippen molar-refractivity contribution in [3.8, 4) is 5.75 Å². The maximum absolute atomic E-state index is 11.6. The van der Waals surface area contributed by atoms with Gasteiger partial charge in [0.1, 0.15) is 5.75 Å². The molecule has 2 heteroatoms. The summed E-state index contributed by atoms with van der Waals surface area (Å²) >= 11 is 0. The number of esters is 1. The molecule has 0 amide bonds. The Labute approximate surface area is 101 Å². The topological polar surface area (TPSA) is 26.3 Å². The van der Waals surface area contributed by atoms with E-state index in [4.69, 9.17) is 4.74 Å². The van der Waals surface area contributed by atoms with E-state index in [2.05, 4.69) is 6.92 Å². The number of carbonyl (C=O) groups excluding carboxylic acids is 1. The number of carbonyl (C=O) groups is 1. The monoisotopic (exact) mass is 225 g/mol. The van der Waals surface area contributed by atoms with Crippen LogP contribution in [0.2, 0.25) is 0 Å². The summed E-state index contributed by atoms with van der Waals surface area (Å²) in [7, 11) is 0. The first kappa shape index (κ1) is 11.4. The maximum atomic E-state index is 11.6. The van der Waals surface area contributed by atoms with Gasteiger partial charge in [-0.3, -0.25) is 4.79 Å². The van der Waals surface area contributed by atoms with Crippen molar-refractivity contribution in [2.24, 2.45) is 0 Å². The molecule has 0 aromatic heterocycles. The van der Waals surface area contributed by atoms with Crippen molar-refractivity contribution in [3.63, 3.8) is 0 Å². The highest BCUT2D eigenvalue weighted by molar-refractivity contribution is 5.75. The second kappa shape index (κ2) is 5.30. The maximum Gasteiger partial charge on any atom is 0.315 e. The minimum absolute atomic E-state index is 0.256. The van der Waals surface area contributed by atoms with Crippen LogP contribution in [0.25, 0.3) is 0 Å². The van der Waals surface area contributed by atoms with Crippen LogP contribution in [0.1, 0.15) is 11.1 Å². The fourth-order valence-electron chi connectivity index (χ4n) is 1.49. The fraction of sp³-hybridized carbons (Fsp3) is 0.0667. The van der Waals surface area contributed by atoms with Crippen LogP contribution in [0.5, 0.6) is 5.75 Å². The van der Waals surface area contributed by atoms with E-state index in [9.17, 15) is 4.79 Å². The van der Waals surface area contributed by atoms with Crippen molar-refractivity contribution in [1.82, 2.24) is 0 Å². The van der Waals surface area contributed by atoms with Crippen LogP contribution < -0.4 is 4.74 Å². The molecule has 0 unspecified atom stereocenters. The summed E-state index contributed by atoms with van der Waals surface area (Å²) in [5, 5.41) is 0. The third-order valence-corrected chi connectivity index (χ3v) is 2.35. The molecule has 17 heavy (non-hydrogen) atoms. The molecular formula is C15H13O2. The summed E-state index contributed by atoms with van der Waals surface area (Å²) < 4.78 is 5.21. The average Bonchev–Trinajstić information content (AvgIpc) is 2.33. The van der Waals surface area contributed by atoms with E-state index in [1.54, 1.807) is 12.1 Å². The second-order valence-corrected chi connectivity index (χ2v) is 3.78. The van der Waals surface area contributed by atoms with Crippen LogP contribution in [0.4, 0.5) is 0 Å². The van der Waals surface area contributed by atoms with Crippen LogP contribution in [0.15, 0.2) is 54.6 Å². The zero-order valence-electron chi connectivity index (χ0n) is 9.43. The molecule has 0 aliphatic carbocycles. The number of rotatable bonds is 3. The van der Waals surface area contributed by atoms with Gasteiger partial charge in [0.2, 0.25) is 0 Å². The van der Waals surface area contributed by atoms with Crippen molar-refractivity contribution in [2.45, 2.75) is 6.42 Å².